The van der Waals surface area contributed by atoms with Crippen molar-refractivity contribution in [2.45, 2.75) is 12.5 Å². The van der Waals surface area contributed by atoms with Gasteiger partial charge in [0.15, 0.2) is 0 Å². The second-order valence-corrected chi connectivity index (χ2v) is 5.47. The van der Waals surface area contributed by atoms with Gasteiger partial charge in [-0.1, -0.05) is 0 Å². The lowest BCUT2D eigenvalue weighted by Gasteiger charge is -2.27. The molecule has 0 saturated carbocycles. The number of carboxylic acid groups (broad SMARTS) is 2. The molecule has 1 aliphatic heterocycles. The average Bonchev–Trinajstić information content (AvgIpc) is 2.28. The molecule has 1 fully saturated rings. The summed E-state index contributed by atoms with van der Waals surface area (Å²) in [5.41, 5.74) is 0. The zero-order valence-corrected chi connectivity index (χ0v) is 10.3. The van der Waals surface area contributed by atoms with E-state index in [1.54, 1.807) is 0 Å². The van der Waals surface area contributed by atoms with Crippen molar-refractivity contribution in [3.63, 3.8) is 0 Å². The normalized spacial score (nSPS) is 18.1. The van der Waals surface area contributed by atoms with Gasteiger partial charge in [-0.25, -0.2) is 9.59 Å². The number of carbonyl (C=O) groups excluding carboxylic acids is 1. The molecule has 0 radical (unpaired) electrons. The lowest BCUT2D eigenvalue weighted by Crippen LogP contribution is -2.52. The molecule has 0 aromatic carbocycles. The van der Waals surface area contributed by atoms with Crippen LogP contribution in [0.25, 0.3) is 0 Å². The van der Waals surface area contributed by atoms with Crippen LogP contribution in [0.5, 0.6) is 0 Å². The van der Waals surface area contributed by atoms with E-state index in [4.69, 9.17) is 10.2 Å². The summed E-state index contributed by atoms with van der Waals surface area (Å²) in [7, 11) is -0.940. The van der Waals surface area contributed by atoms with Crippen molar-refractivity contribution in [3.05, 3.63) is 0 Å². The molecule has 1 aliphatic rings. The summed E-state index contributed by atoms with van der Waals surface area (Å²) < 4.78 is 11.1. The van der Waals surface area contributed by atoms with Crippen LogP contribution in [0.15, 0.2) is 0 Å². The van der Waals surface area contributed by atoms with Crippen LogP contribution in [0.1, 0.15) is 6.42 Å². The first-order valence-corrected chi connectivity index (χ1v) is 6.74. The van der Waals surface area contributed by atoms with Crippen LogP contribution in [0.4, 0.5) is 4.79 Å². The standard InChI is InChI=1S/C9H14N2O6S/c12-7(13)5-6(8(14)15)10-9(16)11-1-3-18(17)4-2-11/h6H,1-5H2,(H,10,16)(H,12,13)(H,14,15)/t6-/m0/s1. The van der Waals surface area contributed by atoms with Gasteiger partial charge in [-0.05, 0) is 0 Å². The number of carbonyl (C=O) groups is 3. The zero-order valence-electron chi connectivity index (χ0n) is 9.50. The van der Waals surface area contributed by atoms with E-state index in [1.807, 2.05) is 0 Å². The highest BCUT2D eigenvalue weighted by Gasteiger charge is 2.27. The van der Waals surface area contributed by atoms with Crippen molar-refractivity contribution in [2.75, 3.05) is 24.6 Å². The number of hydrogen-bond donors (Lipinski definition) is 3. The smallest absolute Gasteiger partial charge is 0.326 e. The Kier molecular flexibility index (Phi) is 5.08. The Balaban J connectivity index is 2.53. The predicted molar refractivity (Wildman–Crippen MR) is 61.7 cm³/mol. The number of urea groups is 1. The molecular formula is C9H14N2O6S. The SMILES string of the molecule is O=C(O)C[C@H](NC(=O)N1CCS(=O)CC1)C(=O)O. The lowest BCUT2D eigenvalue weighted by atomic mass is 10.2. The summed E-state index contributed by atoms with van der Waals surface area (Å²) in [5.74, 6) is -2.00. The van der Waals surface area contributed by atoms with E-state index in [0.717, 1.165) is 0 Å². The Bertz CT molecular complexity index is 375. The summed E-state index contributed by atoms with van der Waals surface area (Å²) in [6, 6.07) is -2.09. The first-order valence-electron chi connectivity index (χ1n) is 5.25. The number of hydrogen-bond acceptors (Lipinski definition) is 4. The third kappa shape index (κ3) is 4.32. The second-order valence-electron chi connectivity index (χ2n) is 3.77. The fourth-order valence-electron chi connectivity index (χ4n) is 1.46. The highest BCUT2D eigenvalue weighted by atomic mass is 32.2. The van der Waals surface area contributed by atoms with Gasteiger partial charge in [0.1, 0.15) is 6.04 Å². The Labute approximate surface area is 105 Å². The molecule has 1 heterocycles. The van der Waals surface area contributed by atoms with Crippen LogP contribution in [-0.4, -0.2) is 67.9 Å². The molecule has 0 bridgehead atoms. The number of rotatable bonds is 4. The van der Waals surface area contributed by atoms with Gasteiger partial charge in [0, 0.05) is 35.4 Å². The molecule has 1 saturated heterocycles. The van der Waals surface area contributed by atoms with Gasteiger partial charge < -0.3 is 20.4 Å². The molecule has 0 spiro atoms. The third-order valence-corrected chi connectivity index (χ3v) is 3.72. The summed E-state index contributed by atoms with van der Waals surface area (Å²) in [6.45, 7) is 0.551. The molecule has 8 nitrogen and oxygen atoms in total. The van der Waals surface area contributed by atoms with Crippen molar-refractivity contribution in [1.82, 2.24) is 10.2 Å². The van der Waals surface area contributed by atoms with E-state index < -0.39 is 41.2 Å². The van der Waals surface area contributed by atoms with E-state index in [1.165, 1.54) is 4.90 Å². The number of nitrogens with one attached hydrogen (secondary N) is 1. The van der Waals surface area contributed by atoms with Gasteiger partial charge in [-0.3, -0.25) is 9.00 Å². The lowest BCUT2D eigenvalue weighted by molar-refractivity contribution is -0.145. The summed E-state index contributed by atoms with van der Waals surface area (Å²) in [5, 5.41) is 19.4. The largest absolute Gasteiger partial charge is 0.481 e. The minimum absolute atomic E-state index is 0.276. The molecule has 102 valence electrons. The maximum atomic E-state index is 11.7. The maximum absolute atomic E-state index is 11.7. The van der Waals surface area contributed by atoms with Gasteiger partial charge in [0.2, 0.25) is 0 Å². The number of aliphatic carboxylic acids is 2. The minimum atomic E-state index is -1.46. The second kappa shape index (κ2) is 6.34. The Morgan fingerprint density at radius 1 is 1.22 bits per heavy atom. The van der Waals surface area contributed by atoms with Crippen molar-refractivity contribution in [1.29, 1.82) is 0 Å². The molecule has 0 unspecified atom stereocenters. The van der Waals surface area contributed by atoms with E-state index in [-0.39, 0.29) is 13.1 Å². The molecule has 0 aromatic rings. The van der Waals surface area contributed by atoms with Gasteiger partial charge in [0.25, 0.3) is 0 Å². The van der Waals surface area contributed by atoms with E-state index in [9.17, 15) is 18.6 Å². The molecule has 0 aromatic heterocycles. The molecule has 9 heteroatoms. The van der Waals surface area contributed by atoms with Crippen LogP contribution in [0.2, 0.25) is 0 Å². The van der Waals surface area contributed by atoms with Crippen LogP contribution < -0.4 is 5.32 Å². The van der Waals surface area contributed by atoms with Crippen LogP contribution >= 0.6 is 0 Å². The first kappa shape index (κ1) is 14.4. The molecule has 3 N–H and O–H groups in total. The van der Waals surface area contributed by atoms with Gasteiger partial charge in [0.05, 0.1) is 6.42 Å². The Hall–Kier alpha value is -1.64. The third-order valence-electron chi connectivity index (χ3n) is 2.44. The van der Waals surface area contributed by atoms with Crippen LogP contribution in [0, 0.1) is 0 Å². The van der Waals surface area contributed by atoms with Crippen molar-refractivity contribution in [2.24, 2.45) is 0 Å². The molecule has 0 aliphatic carbocycles. The first-order chi connectivity index (χ1) is 8.40. The minimum Gasteiger partial charge on any atom is -0.481 e. The van der Waals surface area contributed by atoms with Crippen molar-refractivity contribution < 1.29 is 28.8 Å². The van der Waals surface area contributed by atoms with E-state index >= 15 is 0 Å². The van der Waals surface area contributed by atoms with Crippen LogP contribution in [-0.2, 0) is 20.4 Å². The van der Waals surface area contributed by atoms with Gasteiger partial charge in [-0.15, -0.1) is 0 Å². The molecule has 18 heavy (non-hydrogen) atoms. The summed E-state index contributed by atoms with van der Waals surface area (Å²) in [4.78, 5) is 34.2. The molecule has 1 atom stereocenters. The average molecular weight is 278 g/mol. The number of carboxylic acids is 2. The molecule has 1 rings (SSSR count). The Morgan fingerprint density at radius 3 is 2.22 bits per heavy atom. The summed E-state index contributed by atoms with van der Waals surface area (Å²) in [6.07, 6.45) is -0.680. The molecule has 2 amide bonds. The summed E-state index contributed by atoms with van der Waals surface area (Å²) >= 11 is 0. The highest BCUT2D eigenvalue weighted by Crippen LogP contribution is 2.02. The monoisotopic (exact) mass is 278 g/mol. The Morgan fingerprint density at radius 2 is 1.78 bits per heavy atom. The molecular weight excluding hydrogens is 264 g/mol. The predicted octanol–water partition coefficient (Wildman–Crippen LogP) is -1.31. The zero-order chi connectivity index (χ0) is 13.7. The topological polar surface area (TPSA) is 124 Å². The van der Waals surface area contributed by atoms with Crippen LogP contribution in [0.3, 0.4) is 0 Å². The van der Waals surface area contributed by atoms with Gasteiger partial charge in [-0.2, -0.15) is 0 Å². The fraction of sp³-hybridized carbons (Fsp3) is 0.667. The van der Waals surface area contributed by atoms with Gasteiger partial charge >= 0.3 is 18.0 Å². The van der Waals surface area contributed by atoms with E-state index in [2.05, 4.69) is 5.32 Å². The fourth-order valence-corrected chi connectivity index (χ4v) is 2.51. The highest BCUT2D eigenvalue weighted by molar-refractivity contribution is 7.85. The quantitative estimate of drug-likeness (QED) is 0.586. The number of amides is 2. The van der Waals surface area contributed by atoms with Crippen molar-refractivity contribution in [3.8, 4) is 0 Å². The van der Waals surface area contributed by atoms with E-state index in [0.29, 0.717) is 11.5 Å². The number of nitrogens with zero attached hydrogens (tertiary/aromatic N) is 1. The van der Waals surface area contributed by atoms with Crippen molar-refractivity contribution >= 4 is 28.8 Å². The maximum Gasteiger partial charge on any atom is 0.326 e.